The summed E-state index contributed by atoms with van der Waals surface area (Å²) in [7, 11) is 0. The smallest absolute Gasteiger partial charge is 0.164 e. The minimum atomic E-state index is 0.610. The number of benzene rings is 8. The highest BCUT2D eigenvalue weighted by Gasteiger charge is 2.20. The largest absolute Gasteiger partial charge is 0.456 e. The van der Waals surface area contributed by atoms with Crippen LogP contribution in [0.3, 0.4) is 0 Å². The molecule has 0 atom stereocenters. The van der Waals surface area contributed by atoms with Crippen molar-refractivity contribution < 1.29 is 4.42 Å². The molecular formula is C51H30N4OS. The van der Waals surface area contributed by atoms with E-state index in [0.29, 0.717) is 17.5 Å². The van der Waals surface area contributed by atoms with E-state index in [-0.39, 0.29) is 0 Å². The van der Waals surface area contributed by atoms with Crippen molar-refractivity contribution in [1.82, 2.24) is 19.5 Å². The second-order valence-corrected chi connectivity index (χ2v) is 15.4. The molecule has 0 bridgehead atoms. The average molecular weight is 747 g/mol. The third-order valence-corrected chi connectivity index (χ3v) is 12.2. The van der Waals surface area contributed by atoms with E-state index in [2.05, 4.69) is 138 Å². The van der Waals surface area contributed by atoms with Gasteiger partial charge in [0, 0.05) is 64.1 Å². The van der Waals surface area contributed by atoms with Crippen LogP contribution in [-0.2, 0) is 0 Å². The van der Waals surface area contributed by atoms with E-state index in [9.17, 15) is 0 Å². The molecule has 0 N–H and O–H groups in total. The molecule has 4 aromatic heterocycles. The number of para-hydroxylation sites is 3. The monoisotopic (exact) mass is 746 g/mol. The summed E-state index contributed by atoms with van der Waals surface area (Å²) in [5.74, 6) is 1.88. The highest BCUT2D eigenvalue weighted by atomic mass is 32.1. The molecule has 0 spiro atoms. The lowest BCUT2D eigenvalue weighted by Crippen LogP contribution is -2.00. The van der Waals surface area contributed by atoms with Gasteiger partial charge in [0.25, 0.3) is 0 Å². The Labute approximate surface area is 330 Å². The Hall–Kier alpha value is -7.41. The summed E-state index contributed by atoms with van der Waals surface area (Å²) in [6.45, 7) is 0. The Balaban J connectivity index is 1.03. The standard InChI is InChI=1S/C51H30N4OS/c1-3-13-31(14-4-1)49-52-50(38-19-11-23-44-47(38)36-18-8-10-22-43(36)56-44)54-51(53-49)39-20-12-24-45-48(39)37-27-25-33(30-46(37)57-45)32-26-28-42-40(29-32)35-17-7-9-21-41(35)55(42)34-15-5-2-6-16-34/h1-30H. The molecule has 0 fully saturated rings. The average Bonchev–Trinajstić information content (AvgIpc) is 3.96. The van der Waals surface area contributed by atoms with Gasteiger partial charge in [-0.2, -0.15) is 0 Å². The minimum absolute atomic E-state index is 0.610. The maximum atomic E-state index is 6.27. The zero-order valence-corrected chi connectivity index (χ0v) is 31.2. The molecule has 0 unspecified atom stereocenters. The van der Waals surface area contributed by atoms with Gasteiger partial charge >= 0.3 is 0 Å². The first-order chi connectivity index (χ1) is 28.2. The molecule has 0 aliphatic carbocycles. The molecule has 0 aliphatic rings. The number of fused-ring (bicyclic) bond motifs is 9. The summed E-state index contributed by atoms with van der Waals surface area (Å²) < 4.78 is 11.0. The minimum Gasteiger partial charge on any atom is -0.456 e. The van der Waals surface area contributed by atoms with Gasteiger partial charge in [-0.3, -0.25) is 0 Å². The first-order valence-electron chi connectivity index (χ1n) is 19.0. The molecule has 57 heavy (non-hydrogen) atoms. The van der Waals surface area contributed by atoms with Gasteiger partial charge in [-0.05, 0) is 65.7 Å². The van der Waals surface area contributed by atoms with Crippen LogP contribution in [0.2, 0.25) is 0 Å². The normalized spacial score (nSPS) is 11.9. The van der Waals surface area contributed by atoms with E-state index in [1.54, 1.807) is 11.3 Å². The van der Waals surface area contributed by atoms with E-state index >= 15 is 0 Å². The van der Waals surface area contributed by atoms with Crippen molar-refractivity contribution in [2.75, 3.05) is 0 Å². The third kappa shape index (κ3) is 5.04. The quantitative estimate of drug-likeness (QED) is 0.176. The number of nitrogens with zero attached hydrogens (tertiary/aromatic N) is 4. The summed E-state index contributed by atoms with van der Waals surface area (Å²) in [5, 5.41) is 6.85. The summed E-state index contributed by atoms with van der Waals surface area (Å²) >= 11 is 1.80. The highest BCUT2D eigenvalue weighted by molar-refractivity contribution is 7.26. The molecule has 12 rings (SSSR count). The molecule has 0 saturated heterocycles. The second-order valence-electron chi connectivity index (χ2n) is 14.4. The summed E-state index contributed by atoms with van der Waals surface area (Å²) in [5.41, 5.74) is 10.4. The van der Waals surface area contributed by atoms with Crippen molar-refractivity contribution in [2.24, 2.45) is 0 Å². The lowest BCUT2D eigenvalue weighted by atomic mass is 10.00. The summed E-state index contributed by atoms with van der Waals surface area (Å²) in [4.78, 5) is 15.5. The van der Waals surface area contributed by atoms with Gasteiger partial charge in [-0.1, -0.05) is 127 Å². The van der Waals surface area contributed by atoms with E-state index in [1.807, 2.05) is 48.5 Å². The number of aromatic nitrogens is 4. The van der Waals surface area contributed by atoms with Gasteiger partial charge in [-0.25, -0.2) is 15.0 Å². The number of furan rings is 1. The molecule has 266 valence electrons. The van der Waals surface area contributed by atoms with Crippen LogP contribution in [0.25, 0.3) is 115 Å². The Morgan fingerprint density at radius 1 is 0.386 bits per heavy atom. The van der Waals surface area contributed by atoms with Crippen LogP contribution >= 0.6 is 11.3 Å². The predicted molar refractivity (Wildman–Crippen MR) is 236 cm³/mol. The van der Waals surface area contributed by atoms with Crippen LogP contribution in [0, 0.1) is 0 Å². The van der Waals surface area contributed by atoms with Crippen LogP contribution in [-0.4, -0.2) is 19.5 Å². The van der Waals surface area contributed by atoms with Gasteiger partial charge in [-0.15, -0.1) is 11.3 Å². The fourth-order valence-electron chi connectivity index (χ4n) is 8.49. The van der Waals surface area contributed by atoms with E-state index < -0.39 is 0 Å². The first-order valence-corrected chi connectivity index (χ1v) is 19.8. The Bertz CT molecular complexity index is 3530. The fraction of sp³-hybridized carbons (Fsp3) is 0. The third-order valence-electron chi connectivity index (χ3n) is 11.1. The maximum absolute atomic E-state index is 6.27. The molecule has 4 heterocycles. The molecule has 12 aromatic rings. The summed E-state index contributed by atoms with van der Waals surface area (Å²) in [6.07, 6.45) is 0. The highest BCUT2D eigenvalue weighted by Crippen LogP contribution is 2.43. The van der Waals surface area contributed by atoms with Crippen molar-refractivity contribution in [1.29, 1.82) is 0 Å². The Morgan fingerprint density at radius 2 is 1.02 bits per heavy atom. The van der Waals surface area contributed by atoms with Gasteiger partial charge in [0.1, 0.15) is 11.2 Å². The topological polar surface area (TPSA) is 56.7 Å². The molecule has 0 amide bonds. The first kappa shape index (κ1) is 31.9. The van der Waals surface area contributed by atoms with Gasteiger partial charge in [0.15, 0.2) is 17.5 Å². The Kier molecular flexibility index (Phi) is 7.03. The summed E-state index contributed by atoms with van der Waals surface area (Å²) in [6, 6.07) is 63.8. The SMILES string of the molecule is c1ccc(-c2nc(-c3cccc4oc5ccccc5c34)nc(-c3cccc4sc5cc(-c6ccc7c(c6)c6ccccc6n7-c6ccccc6)ccc5c34)n2)cc1. The Morgan fingerprint density at radius 3 is 1.86 bits per heavy atom. The molecule has 6 heteroatoms. The van der Waals surface area contributed by atoms with E-state index in [0.717, 1.165) is 49.7 Å². The molecule has 0 saturated carbocycles. The van der Waals surface area contributed by atoms with Crippen LogP contribution in [0.15, 0.2) is 186 Å². The van der Waals surface area contributed by atoms with Gasteiger partial charge in [0.05, 0.1) is 11.0 Å². The van der Waals surface area contributed by atoms with Crippen LogP contribution < -0.4 is 0 Å². The molecule has 0 radical (unpaired) electrons. The number of hydrogen-bond donors (Lipinski definition) is 0. The number of rotatable bonds is 5. The molecule has 5 nitrogen and oxygen atoms in total. The molecular weight excluding hydrogens is 717 g/mol. The van der Waals surface area contributed by atoms with Gasteiger partial charge in [0.2, 0.25) is 0 Å². The van der Waals surface area contributed by atoms with Crippen molar-refractivity contribution in [3.63, 3.8) is 0 Å². The zero-order valence-electron chi connectivity index (χ0n) is 30.4. The van der Waals surface area contributed by atoms with Crippen LogP contribution in [0.1, 0.15) is 0 Å². The number of thiophene rings is 1. The second kappa shape index (κ2) is 12.6. The van der Waals surface area contributed by atoms with E-state index in [4.69, 9.17) is 19.4 Å². The van der Waals surface area contributed by atoms with E-state index in [1.165, 1.54) is 47.7 Å². The van der Waals surface area contributed by atoms with Crippen molar-refractivity contribution in [3.05, 3.63) is 182 Å². The molecule has 0 aliphatic heterocycles. The number of hydrogen-bond acceptors (Lipinski definition) is 5. The van der Waals surface area contributed by atoms with Crippen molar-refractivity contribution in [3.8, 4) is 51.0 Å². The fourth-order valence-corrected chi connectivity index (χ4v) is 9.66. The van der Waals surface area contributed by atoms with Crippen LogP contribution in [0.4, 0.5) is 0 Å². The van der Waals surface area contributed by atoms with Crippen molar-refractivity contribution in [2.45, 2.75) is 0 Å². The van der Waals surface area contributed by atoms with Gasteiger partial charge < -0.3 is 8.98 Å². The predicted octanol–water partition coefficient (Wildman–Crippen LogP) is 13.9. The van der Waals surface area contributed by atoms with Crippen molar-refractivity contribution >= 4 is 75.3 Å². The lowest BCUT2D eigenvalue weighted by Gasteiger charge is -2.10. The zero-order chi connectivity index (χ0) is 37.5. The lowest BCUT2D eigenvalue weighted by molar-refractivity contribution is 0.669. The maximum Gasteiger partial charge on any atom is 0.164 e. The molecule has 8 aromatic carbocycles. The van der Waals surface area contributed by atoms with Crippen LogP contribution in [0.5, 0.6) is 0 Å².